The molecule has 0 aliphatic rings. The lowest BCUT2D eigenvalue weighted by Gasteiger charge is -2.17. The molecular weight excluding hydrogens is 537 g/mol. The summed E-state index contributed by atoms with van der Waals surface area (Å²) >= 11 is 4.51. The largest absolute Gasteiger partial charge is 0.252 e. The first-order valence-electron chi connectivity index (χ1n) is 9.11. The molecule has 0 atom stereocenters. The van der Waals surface area contributed by atoms with E-state index in [0.29, 0.717) is 26.7 Å². The molecule has 0 N–H and O–H groups in total. The third-order valence-electron chi connectivity index (χ3n) is 4.78. The normalized spacial score (nSPS) is 12.1. The molecule has 4 aromatic rings. The van der Waals surface area contributed by atoms with E-state index >= 15 is 0 Å². The number of rotatable bonds is 5. The van der Waals surface area contributed by atoms with Gasteiger partial charge in [0.15, 0.2) is 9.84 Å². The molecule has 3 aromatic carbocycles. The number of nitrogens with zero attached hydrogens (tertiary/aromatic N) is 1. The number of hydrogen-bond donors (Lipinski definition) is 0. The van der Waals surface area contributed by atoms with Crippen LogP contribution < -0.4 is 0 Å². The molecule has 32 heavy (non-hydrogen) atoms. The molecule has 0 unspecified atom stereocenters. The van der Waals surface area contributed by atoms with Crippen molar-refractivity contribution in [2.24, 2.45) is 0 Å². The van der Waals surface area contributed by atoms with Crippen molar-refractivity contribution in [3.63, 3.8) is 0 Å². The highest BCUT2D eigenvalue weighted by Gasteiger charge is 2.27. The van der Waals surface area contributed by atoms with Gasteiger partial charge in [-0.1, -0.05) is 40.2 Å². The second-order valence-electron chi connectivity index (χ2n) is 6.92. The first-order valence-corrected chi connectivity index (χ1v) is 14.2. The minimum absolute atomic E-state index is 0.0405. The van der Waals surface area contributed by atoms with Gasteiger partial charge in [0.2, 0.25) is 9.84 Å². The lowest BCUT2D eigenvalue weighted by atomic mass is 9.94. The quantitative estimate of drug-likeness (QED) is 0.321. The Kier molecular flexibility index (Phi) is 6.06. The fraction of sp³-hybridized carbons (Fsp3) is 0.0455. The molecule has 0 spiro atoms. The van der Waals surface area contributed by atoms with Gasteiger partial charge in [0.25, 0.3) is 0 Å². The van der Waals surface area contributed by atoms with E-state index in [1.807, 2.05) is 0 Å². The van der Waals surface area contributed by atoms with Crippen molar-refractivity contribution >= 4 is 46.9 Å². The van der Waals surface area contributed by atoms with Crippen LogP contribution in [0.2, 0.25) is 0 Å². The highest BCUT2D eigenvalue weighted by Crippen LogP contribution is 2.43. The molecule has 0 saturated carbocycles. The van der Waals surface area contributed by atoms with E-state index in [-0.39, 0.29) is 14.0 Å². The van der Waals surface area contributed by atoms with E-state index in [1.54, 1.807) is 18.2 Å². The zero-order valence-corrected chi connectivity index (χ0v) is 20.5. The Bertz CT molecular complexity index is 1500. The maximum Gasteiger partial charge on any atom is 0.218 e. The third-order valence-corrected chi connectivity index (χ3v) is 9.64. The maximum absolute atomic E-state index is 13.6. The van der Waals surface area contributed by atoms with E-state index < -0.39 is 25.5 Å². The standard InChI is InChI=1S/C22H15BrFNO4S3/c1-31(26,27)17-8-4-14(5-9-17)21-18(23)10-11-19(32(28,29)20-12-25-13-30-20)22(21)15-2-6-16(24)7-3-15/h2-13H,1H3. The molecule has 0 amide bonds. The summed E-state index contributed by atoms with van der Waals surface area (Å²) in [7, 11) is -7.31. The van der Waals surface area contributed by atoms with E-state index in [4.69, 9.17) is 0 Å². The Balaban J connectivity index is 2.05. The van der Waals surface area contributed by atoms with Crippen molar-refractivity contribution in [2.75, 3.05) is 6.26 Å². The number of hydrogen-bond acceptors (Lipinski definition) is 6. The highest BCUT2D eigenvalue weighted by molar-refractivity contribution is 9.10. The van der Waals surface area contributed by atoms with Crippen molar-refractivity contribution in [1.82, 2.24) is 4.98 Å². The monoisotopic (exact) mass is 551 g/mol. The van der Waals surface area contributed by atoms with Crippen molar-refractivity contribution in [3.05, 3.63) is 82.7 Å². The van der Waals surface area contributed by atoms with Crippen LogP contribution in [0.3, 0.4) is 0 Å². The van der Waals surface area contributed by atoms with Crippen LogP contribution in [0.1, 0.15) is 0 Å². The first kappa shape index (κ1) is 22.8. The van der Waals surface area contributed by atoms with Crippen molar-refractivity contribution in [2.45, 2.75) is 14.0 Å². The zero-order valence-electron chi connectivity index (χ0n) is 16.5. The summed E-state index contributed by atoms with van der Waals surface area (Å²) in [5.74, 6) is -0.449. The van der Waals surface area contributed by atoms with Gasteiger partial charge in [0.1, 0.15) is 10.0 Å². The van der Waals surface area contributed by atoms with Gasteiger partial charge < -0.3 is 0 Å². The molecule has 4 rings (SSSR count). The van der Waals surface area contributed by atoms with Gasteiger partial charge in [0.05, 0.1) is 21.5 Å². The average molecular weight is 552 g/mol. The Morgan fingerprint density at radius 3 is 2.00 bits per heavy atom. The fourth-order valence-electron chi connectivity index (χ4n) is 3.28. The minimum Gasteiger partial charge on any atom is -0.252 e. The van der Waals surface area contributed by atoms with Gasteiger partial charge in [-0.05, 0) is 47.5 Å². The summed E-state index contributed by atoms with van der Waals surface area (Å²) < 4.78 is 64.9. The lowest BCUT2D eigenvalue weighted by molar-refractivity contribution is 0.597. The van der Waals surface area contributed by atoms with Gasteiger partial charge in [-0.15, -0.1) is 11.3 Å². The second-order valence-corrected chi connectivity index (χ2v) is 12.8. The summed E-state index contributed by atoms with van der Waals surface area (Å²) in [4.78, 5) is 4.07. The topological polar surface area (TPSA) is 81.2 Å². The third kappa shape index (κ3) is 4.27. The molecule has 0 radical (unpaired) electrons. The molecular formula is C22H15BrFNO4S3. The summed E-state index contributed by atoms with van der Waals surface area (Å²) in [6, 6.07) is 14.8. The van der Waals surface area contributed by atoms with Crippen LogP contribution in [0.4, 0.5) is 4.39 Å². The second kappa shape index (κ2) is 8.51. The van der Waals surface area contributed by atoms with Crippen molar-refractivity contribution in [1.29, 1.82) is 0 Å². The molecule has 0 aliphatic heterocycles. The number of benzene rings is 3. The molecule has 0 aliphatic carbocycles. The molecule has 164 valence electrons. The molecule has 0 saturated heterocycles. The number of aromatic nitrogens is 1. The summed E-state index contributed by atoms with van der Waals surface area (Å²) in [5.41, 5.74) is 3.46. The first-order chi connectivity index (χ1) is 15.1. The average Bonchev–Trinajstić information content (AvgIpc) is 3.29. The molecule has 5 nitrogen and oxygen atoms in total. The van der Waals surface area contributed by atoms with Crippen molar-refractivity contribution < 1.29 is 21.2 Å². The van der Waals surface area contributed by atoms with Crippen LogP contribution in [0.5, 0.6) is 0 Å². The van der Waals surface area contributed by atoms with Crippen molar-refractivity contribution in [3.8, 4) is 22.3 Å². The Hall–Kier alpha value is -2.40. The predicted molar refractivity (Wildman–Crippen MR) is 126 cm³/mol. The molecule has 0 fully saturated rings. The smallest absolute Gasteiger partial charge is 0.218 e. The van der Waals surface area contributed by atoms with E-state index in [9.17, 15) is 21.2 Å². The van der Waals surface area contributed by atoms with Crippen LogP contribution in [0.15, 0.2) is 90.8 Å². The fourth-order valence-corrected chi connectivity index (χ4v) is 6.88. The molecule has 0 bridgehead atoms. The number of halogens is 2. The molecule has 10 heteroatoms. The Labute approximate surface area is 197 Å². The SMILES string of the molecule is CS(=O)(=O)c1ccc(-c2c(Br)ccc(S(=O)(=O)c3cncs3)c2-c2ccc(F)cc2)cc1. The Morgan fingerprint density at radius 2 is 1.44 bits per heavy atom. The van der Waals surface area contributed by atoms with Crippen LogP contribution in [-0.2, 0) is 19.7 Å². The molecule has 1 heterocycles. The summed E-state index contributed by atoms with van der Waals surface area (Å²) in [6.07, 6.45) is 2.40. The lowest BCUT2D eigenvalue weighted by Crippen LogP contribution is -2.04. The van der Waals surface area contributed by atoms with Crippen LogP contribution in [-0.4, -0.2) is 28.1 Å². The predicted octanol–water partition coefficient (Wildman–Crippen LogP) is 5.62. The molecule has 1 aromatic heterocycles. The van der Waals surface area contributed by atoms with Crippen LogP contribution >= 0.6 is 27.3 Å². The van der Waals surface area contributed by atoms with Crippen LogP contribution in [0.25, 0.3) is 22.3 Å². The Morgan fingerprint density at radius 1 is 0.844 bits per heavy atom. The van der Waals surface area contributed by atoms with Crippen LogP contribution in [0, 0.1) is 5.82 Å². The maximum atomic E-state index is 13.6. The number of sulfone groups is 2. The van der Waals surface area contributed by atoms with Gasteiger partial charge in [-0.2, -0.15) is 0 Å². The van der Waals surface area contributed by atoms with E-state index in [1.165, 1.54) is 54.2 Å². The van der Waals surface area contributed by atoms with Gasteiger partial charge in [-0.3, -0.25) is 4.98 Å². The number of thiazole rings is 1. The zero-order chi connectivity index (χ0) is 23.1. The van der Waals surface area contributed by atoms with E-state index in [0.717, 1.165) is 17.6 Å². The van der Waals surface area contributed by atoms with E-state index in [2.05, 4.69) is 20.9 Å². The van der Waals surface area contributed by atoms with Gasteiger partial charge in [-0.25, -0.2) is 21.2 Å². The van der Waals surface area contributed by atoms with Gasteiger partial charge >= 0.3 is 0 Å². The minimum atomic E-state index is -3.92. The summed E-state index contributed by atoms with van der Waals surface area (Å²) in [5, 5.41) is 0. The highest BCUT2D eigenvalue weighted by atomic mass is 79.9. The van der Waals surface area contributed by atoms with Gasteiger partial charge in [0, 0.05) is 21.9 Å². The summed E-state index contributed by atoms with van der Waals surface area (Å²) in [6.45, 7) is 0.